The molecule has 0 atom stereocenters. The van der Waals surface area contributed by atoms with Gasteiger partial charge in [0.1, 0.15) is 5.75 Å². The molecule has 0 bridgehead atoms. The number of benzene rings is 1. The molecule has 1 aromatic rings. The molecule has 0 saturated heterocycles. The lowest BCUT2D eigenvalue weighted by molar-refractivity contribution is -0.142. The molecule has 0 amide bonds. The molecule has 0 saturated carbocycles. The van der Waals surface area contributed by atoms with Crippen molar-refractivity contribution in [1.82, 2.24) is 0 Å². The third-order valence-electron chi connectivity index (χ3n) is 2.38. The first-order valence-corrected chi connectivity index (χ1v) is 5.81. The van der Waals surface area contributed by atoms with Gasteiger partial charge in [0.25, 0.3) is 0 Å². The van der Waals surface area contributed by atoms with Gasteiger partial charge in [0, 0.05) is 5.56 Å². The number of aliphatic hydroxyl groups is 1. The maximum atomic E-state index is 11.1. The van der Waals surface area contributed by atoms with E-state index in [1.54, 1.807) is 26.2 Å². The Morgan fingerprint density at radius 1 is 1.44 bits per heavy atom. The van der Waals surface area contributed by atoms with Gasteiger partial charge in [-0.25, -0.2) is 0 Å². The van der Waals surface area contributed by atoms with Crippen molar-refractivity contribution >= 4 is 12.0 Å². The van der Waals surface area contributed by atoms with E-state index in [2.05, 4.69) is 0 Å². The predicted molar refractivity (Wildman–Crippen MR) is 69.2 cm³/mol. The number of rotatable bonds is 6. The second-order valence-electron chi connectivity index (χ2n) is 3.64. The molecule has 1 rings (SSSR count). The van der Waals surface area contributed by atoms with Gasteiger partial charge in [-0.15, -0.1) is 0 Å². The van der Waals surface area contributed by atoms with Crippen molar-refractivity contribution in [2.75, 3.05) is 13.7 Å². The summed E-state index contributed by atoms with van der Waals surface area (Å²) in [5.74, 6) is 0.392. The number of ether oxygens (including phenoxy) is 2. The number of aliphatic hydroxyl groups excluding tert-OH is 1. The van der Waals surface area contributed by atoms with Gasteiger partial charge in [-0.05, 0) is 18.6 Å². The van der Waals surface area contributed by atoms with Crippen molar-refractivity contribution in [3.05, 3.63) is 35.4 Å². The molecule has 0 spiro atoms. The summed E-state index contributed by atoms with van der Waals surface area (Å²) in [7, 11) is 1.56. The zero-order chi connectivity index (χ0) is 13.4. The predicted octanol–water partition coefficient (Wildman–Crippen LogP) is 2.15. The normalized spacial score (nSPS) is 10.6. The Kier molecular flexibility index (Phi) is 5.94. The SMILES string of the molecule is CCOC(=O)CC=Cc1ccc(CO)c(OC)c1. The number of esters is 1. The van der Waals surface area contributed by atoms with Crippen LogP contribution in [0, 0.1) is 0 Å². The molecule has 0 aliphatic carbocycles. The van der Waals surface area contributed by atoms with Gasteiger partial charge in [-0.1, -0.05) is 24.3 Å². The molecule has 0 aliphatic heterocycles. The Bertz CT molecular complexity index is 424. The van der Waals surface area contributed by atoms with E-state index in [0.717, 1.165) is 11.1 Å². The van der Waals surface area contributed by atoms with Gasteiger partial charge >= 0.3 is 5.97 Å². The quantitative estimate of drug-likeness (QED) is 0.786. The van der Waals surface area contributed by atoms with E-state index in [1.807, 2.05) is 18.2 Å². The second kappa shape index (κ2) is 7.50. The van der Waals surface area contributed by atoms with Crippen LogP contribution < -0.4 is 4.74 Å². The van der Waals surface area contributed by atoms with Crippen LogP contribution in [0.4, 0.5) is 0 Å². The molecule has 98 valence electrons. The fourth-order valence-corrected chi connectivity index (χ4v) is 1.51. The van der Waals surface area contributed by atoms with Crippen LogP contribution in [0.25, 0.3) is 6.08 Å². The van der Waals surface area contributed by atoms with E-state index in [1.165, 1.54) is 0 Å². The molecule has 0 fully saturated rings. The highest BCUT2D eigenvalue weighted by Crippen LogP contribution is 2.20. The van der Waals surface area contributed by atoms with Crippen LogP contribution in [-0.4, -0.2) is 24.8 Å². The maximum Gasteiger partial charge on any atom is 0.309 e. The van der Waals surface area contributed by atoms with Crippen LogP contribution in [0.2, 0.25) is 0 Å². The minimum absolute atomic E-state index is 0.0595. The van der Waals surface area contributed by atoms with Crippen molar-refractivity contribution in [2.24, 2.45) is 0 Å². The first-order chi connectivity index (χ1) is 8.71. The van der Waals surface area contributed by atoms with Crippen molar-refractivity contribution in [2.45, 2.75) is 20.0 Å². The van der Waals surface area contributed by atoms with Crippen molar-refractivity contribution in [3.63, 3.8) is 0 Å². The molecule has 4 nitrogen and oxygen atoms in total. The van der Waals surface area contributed by atoms with Crippen LogP contribution in [0.1, 0.15) is 24.5 Å². The monoisotopic (exact) mass is 250 g/mol. The lowest BCUT2D eigenvalue weighted by atomic mass is 10.1. The van der Waals surface area contributed by atoms with Gasteiger partial charge in [-0.2, -0.15) is 0 Å². The highest BCUT2D eigenvalue weighted by atomic mass is 16.5. The Morgan fingerprint density at radius 3 is 2.83 bits per heavy atom. The third kappa shape index (κ3) is 4.22. The van der Waals surface area contributed by atoms with Crippen molar-refractivity contribution < 1.29 is 19.4 Å². The lowest BCUT2D eigenvalue weighted by Crippen LogP contribution is -2.01. The number of hydrogen-bond acceptors (Lipinski definition) is 4. The van der Waals surface area contributed by atoms with Crippen LogP contribution in [0.5, 0.6) is 5.75 Å². The molecule has 0 aromatic heterocycles. The molecule has 0 aliphatic rings. The molecule has 0 unspecified atom stereocenters. The number of hydrogen-bond donors (Lipinski definition) is 1. The topological polar surface area (TPSA) is 55.8 Å². The van der Waals surface area contributed by atoms with Crippen LogP contribution in [0.15, 0.2) is 24.3 Å². The highest BCUT2D eigenvalue weighted by molar-refractivity contribution is 5.72. The fourth-order valence-electron chi connectivity index (χ4n) is 1.51. The largest absolute Gasteiger partial charge is 0.496 e. The lowest BCUT2D eigenvalue weighted by Gasteiger charge is -2.06. The van der Waals surface area contributed by atoms with E-state index >= 15 is 0 Å². The minimum Gasteiger partial charge on any atom is -0.496 e. The fraction of sp³-hybridized carbons (Fsp3) is 0.357. The van der Waals surface area contributed by atoms with Gasteiger partial charge in [0.2, 0.25) is 0 Å². The summed E-state index contributed by atoms with van der Waals surface area (Å²) in [6, 6.07) is 5.46. The molecule has 0 heterocycles. The summed E-state index contributed by atoms with van der Waals surface area (Å²) in [5, 5.41) is 9.09. The van der Waals surface area contributed by atoms with Crippen molar-refractivity contribution in [3.8, 4) is 5.75 Å². The number of carbonyl (C=O) groups is 1. The number of carbonyl (C=O) groups excluding carboxylic acids is 1. The molecule has 0 radical (unpaired) electrons. The highest BCUT2D eigenvalue weighted by Gasteiger charge is 2.02. The first-order valence-electron chi connectivity index (χ1n) is 5.81. The Balaban J connectivity index is 2.67. The minimum atomic E-state index is -0.243. The third-order valence-corrected chi connectivity index (χ3v) is 2.38. The van der Waals surface area contributed by atoms with Gasteiger partial charge in [0.15, 0.2) is 0 Å². The molecule has 1 N–H and O–H groups in total. The zero-order valence-corrected chi connectivity index (χ0v) is 10.7. The smallest absolute Gasteiger partial charge is 0.309 e. The van der Waals surface area contributed by atoms with E-state index in [0.29, 0.717) is 12.4 Å². The van der Waals surface area contributed by atoms with Gasteiger partial charge in [0.05, 0.1) is 26.7 Å². The van der Waals surface area contributed by atoms with E-state index in [9.17, 15) is 4.79 Å². The van der Waals surface area contributed by atoms with Gasteiger partial charge in [-0.3, -0.25) is 4.79 Å². The Labute approximate surface area is 107 Å². The van der Waals surface area contributed by atoms with Crippen LogP contribution in [0.3, 0.4) is 0 Å². The van der Waals surface area contributed by atoms with E-state index in [-0.39, 0.29) is 19.0 Å². The summed E-state index contributed by atoms with van der Waals surface area (Å²) in [6.07, 6.45) is 3.81. The zero-order valence-electron chi connectivity index (χ0n) is 10.7. The molecule has 1 aromatic carbocycles. The van der Waals surface area contributed by atoms with Crippen LogP contribution in [-0.2, 0) is 16.1 Å². The summed E-state index contributed by atoms with van der Waals surface area (Å²) in [6.45, 7) is 2.11. The van der Waals surface area contributed by atoms with Gasteiger partial charge < -0.3 is 14.6 Å². The second-order valence-corrected chi connectivity index (χ2v) is 3.64. The molecule has 4 heteroatoms. The maximum absolute atomic E-state index is 11.1. The Hall–Kier alpha value is -1.81. The van der Waals surface area contributed by atoms with Crippen LogP contribution >= 0.6 is 0 Å². The summed E-state index contributed by atoms with van der Waals surface area (Å²) in [4.78, 5) is 11.1. The summed E-state index contributed by atoms with van der Waals surface area (Å²) in [5.41, 5.74) is 1.65. The molecular weight excluding hydrogens is 232 g/mol. The van der Waals surface area contributed by atoms with E-state index in [4.69, 9.17) is 14.6 Å². The standard InChI is InChI=1S/C14H18O4/c1-3-18-14(16)6-4-5-11-7-8-12(10-15)13(9-11)17-2/h4-5,7-9,15H,3,6,10H2,1-2H3. The molecule has 18 heavy (non-hydrogen) atoms. The summed E-state index contributed by atoms with van der Waals surface area (Å²) >= 11 is 0. The first kappa shape index (κ1) is 14.3. The van der Waals surface area contributed by atoms with Crippen molar-refractivity contribution in [1.29, 1.82) is 0 Å². The van der Waals surface area contributed by atoms with E-state index < -0.39 is 0 Å². The summed E-state index contributed by atoms with van der Waals surface area (Å²) < 4.78 is 9.97. The molecular formula is C14H18O4. The average Bonchev–Trinajstić information content (AvgIpc) is 2.38. The number of methoxy groups -OCH3 is 1. The average molecular weight is 250 g/mol. The Morgan fingerprint density at radius 2 is 2.22 bits per heavy atom.